The van der Waals surface area contributed by atoms with Gasteiger partial charge in [-0.05, 0) is 43.7 Å². The summed E-state index contributed by atoms with van der Waals surface area (Å²) in [5.74, 6) is -3.34. The molecular weight excluding hydrogens is 411 g/mol. The molecule has 2 aromatic heterocycles. The summed E-state index contributed by atoms with van der Waals surface area (Å²) in [6.45, 7) is 2.65. The van der Waals surface area contributed by atoms with Crippen LogP contribution in [0.15, 0.2) is 40.8 Å². The van der Waals surface area contributed by atoms with Gasteiger partial charge in [0.1, 0.15) is 22.6 Å². The van der Waals surface area contributed by atoms with Gasteiger partial charge in [-0.25, -0.2) is 9.18 Å². The van der Waals surface area contributed by atoms with Gasteiger partial charge in [-0.15, -0.1) is 0 Å². The molecule has 0 saturated heterocycles. The van der Waals surface area contributed by atoms with Crippen molar-refractivity contribution in [2.24, 2.45) is 0 Å². The smallest absolute Gasteiger partial charge is 0.433 e. The Labute approximate surface area is 174 Å². The monoisotopic (exact) mass is 426 g/mol. The zero-order valence-electron chi connectivity index (χ0n) is 16.3. The van der Waals surface area contributed by atoms with Crippen molar-refractivity contribution >= 4 is 23.6 Å². The predicted octanol–water partition coefficient (Wildman–Crippen LogP) is 3.40. The number of halogens is 1. The first-order chi connectivity index (χ1) is 14.7. The minimum Gasteiger partial charge on any atom is -0.450 e. The highest BCUT2D eigenvalue weighted by atomic mass is 19.1. The number of carbonyl (C=O) groups is 2. The number of rotatable bonds is 6. The van der Waals surface area contributed by atoms with Gasteiger partial charge in [-0.2, -0.15) is 5.26 Å². The minimum absolute atomic E-state index is 0.0952. The predicted molar refractivity (Wildman–Crippen MR) is 104 cm³/mol. The molecule has 0 fully saturated rings. The molecule has 3 aromatic rings. The van der Waals surface area contributed by atoms with Crippen LogP contribution in [0.25, 0.3) is 5.69 Å². The van der Waals surface area contributed by atoms with Crippen LogP contribution in [0.2, 0.25) is 0 Å². The Bertz CT molecular complexity index is 1240. The van der Waals surface area contributed by atoms with Gasteiger partial charge in [0.2, 0.25) is 5.76 Å². The second-order valence-corrected chi connectivity index (χ2v) is 6.38. The second-order valence-electron chi connectivity index (χ2n) is 6.38. The first kappa shape index (κ1) is 21.3. The number of nitrogens with one attached hydrogen (secondary N) is 1. The van der Waals surface area contributed by atoms with E-state index in [1.165, 1.54) is 22.8 Å². The van der Waals surface area contributed by atoms with E-state index in [0.717, 1.165) is 12.1 Å². The van der Waals surface area contributed by atoms with E-state index < -0.39 is 40.9 Å². The summed E-state index contributed by atoms with van der Waals surface area (Å²) in [5, 5.41) is 22.6. The number of nitro groups is 1. The van der Waals surface area contributed by atoms with Crippen molar-refractivity contribution in [3.63, 3.8) is 0 Å². The molecule has 0 atom stereocenters. The Morgan fingerprint density at radius 1 is 1.32 bits per heavy atom. The molecule has 1 aromatic carbocycles. The van der Waals surface area contributed by atoms with Crippen molar-refractivity contribution < 1.29 is 28.1 Å². The number of nitrogens with zero attached hydrogens (tertiary/aromatic N) is 3. The standard InChI is InChI=1S/C20H15FN4O6/c1-11-12(2)24(14-5-3-4-13(21)8-14)19(15(11)9-22)23-17(26)10-30-20(27)16-6-7-18(31-16)25(28)29/h3-8H,10H2,1-2H3,(H,23,26). The van der Waals surface area contributed by atoms with Crippen LogP contribution in [0.3, 0.4) is 0 Å². The third-order valence-corrected chi connectivity index (χ3v) is 4.46. The van der Waals surface area contributed by atoms with Crippen LogP contribution in [0, 0.1) is 41.1 Å². The Morgan fingerprint density at radius 2 is 2.06 bits per heavy atom. The molecule has 1 N–H and O–H groups in total. The molecule has 31 heavy (non-hydrogen) atoms. The number of hydrogen-bond donors (Lipinski definition) is 1. The number of aromatic nitrogens is 1. The van der Waals surface area contributed by atoms with E-state index in [1.54, 1.807) is 19.9 Å². The number of esters is 1. The quantitative estimate of drug-likeness (QED) is 0.362. The maximum absolute atomic E-state index is 13.7. The number of anilines is 1. The van der Waals surface area contributed by atoms with Crippen LogP contribution in [0.1, 0.15) is 27.4 Å². The molecule has 11 heteroatoms. The lowest BCUT2D eigenvalue weighted by atomic mass is 10.2. The fraction of sp³-hybridized carbons (Fsp3) is 0.150. The van der Waals surface area contributed by atoms with Crippen molar-refractivity contribution in [2.45, 2.75) is 13.8 Å². The Kier molecular flexibility index (Phi) is 5.83. The van der Waals surface area contributed by atoms with Gasteiger partial charge in [-0.3, -0.25) is 19.5 Å². The number of ether oxygens (including phenoxy) is 1. The fourth-order valence-corrected chi connectivity index (χ4v) is 2.90. The summed E-state index contributed by atoms with van der Waals surface area (Å²) in [6, 6.07) is 9.63. The number of nitriles is 1. The van der Waals surface area contributed by atoms with E-state index in [1.807, 2.05) is 6.07 Å². The van der Waals surface area contributed by atoms with Gasteiger partial charge in [-0.1, -0.05) is 6.07 Å². The molecule has 0 bridgehead atoms. The molecule has 0 spiro atoms. The summed E-state index contributed by atoms with van der Waals surface area (Å²) in [4.78, 5) is 34.1. The summed E-state index contributed by atoms with van der Waals surface area (Å²) < 4.78 is 24.7. The summed E-state index contributed by atoms with van der Waals surface area (Å²) >= 11 is 0. The van der Waals surface area contributed by atoms with Crippen LogP contribution < -0.4 is 5.32 Å². The van der Waals surface area contributed by atoms with E-state index >= 15 is 0 Å². The third-order valence-electron chi connectivity index (χ3n) is 4.46. The molecule has 3 rings (SSSR count). The van der Waals surface area contributed by atoms with Gasteiger partial charge in [0.15, 0.2) is 6.61 Å². The number of benzene rings is 1. The highest BCUT2D eigenvalue weighted by Crippen LogP contribution is 2.30. The van der Waals surface area contributed by atoms with Crippen molar-refractivity contribution in [3.05, 3.63) is 74.9 Å². The lowest BCUT2D eigenvalue weighted by molar-refractivity contribution is -0.402. The molecule has 0 aliphatic carbocycles. The number of amides is 1. The van der Waals surface area contributed by atoms with Gasteiger partial charge < -0.3 is 14.5 Å². The molecule has 10 nitrogen and oxygen atoms in total. The third kappa shape index (κ3) is 4.27. The topological polar surface area (TPSA) is 140 Å². The lowest BCUT2D eigenvalue weighted by Gasteiger charge is -2.13. The highest BCUT2D eigenvalue weighted by molar-refractivity contribution is 5.95. The number of hydrogen-bond acceptors (Lipinski definition) is 7. The molecule has 0 unspecified atom stereocenters. The van der Waals surface area contributed by atoms with Crippen LogP contribution in [0.4, 0.5) is 16.1 Å². The molecule has 1 amide bonds. The lowest BCUT2D eigenvalue weighted by Crippen LogP contribution is -2.22. The van der Waals surface area contributed by atoms with E-state index in [9.17, 15) is 29.4 Å². The Balaban J connectivity index is 1.81. The zero-order chi connectivity index (χ0) is 22.7. The van der Waals surface area contributed by atoms with Gasteiger partial charge in [0.25, 0.3) is 5.91 Å². The van der Waals surface area contributed by atoms with Crippen molar-refractivity contribution in [1.82, 2.24) is 4.57 Å². The molecular formula is C20H15FN4O6. The first-order valence-corrected chi connectivity index (χ1v) is 8.82. The summed E-state index contributed by atoms with van der Waals surface area (Å²) in [7, 11) is 0. The van der Waals surface area contributed by atoms with Crippen LogP contribution in [-0.4, -0.2) is 28.0 Å². The van der Waals surface area contributed by atoms with E-state index in [-0.39, 0.29) is 11.4 Å². The average Bonchev–Trinajstić information content (AvgIpc) is 3.31. The van der Waals surface area contributed by atoms with Crippen molar-refractivity contribution in [2.75, 3.05) is 11.9 Å². The van der Waals surface area contributed by atoms with Crippen molar-refractivity contribution in [1.29, 1.82) is 5.26 Å². The maximum atomic E-state index is 13.7. The largest absolute Gasteiger partial charge is 0.450 e. The van der Waals surface area contributed by atoms with Gasteiger partial charge in [0, 0.05) is 5.69 Å². The first-order valence-electron chi connectivity index (χ1n) is 8.82. The summed E-state index contributed by atoms with van der Waals surface area (Å²) in [5.41, 5.74) is 1.75. The summed E-state index contributed by atoms with van der Waals surface area (Å²) in [6.07, 6.45) is 0. The zero-order valence-corrected chi connectivity index (χ0v) is 16.3. The molecule has 0 aliphatic rings. The van der Waals surface area contributed by atoms with Gasteiger partial charge >= 0.3 is 11.9 Å². The molecule has 0 saturated carbocycles. The maximum Gasteiger partial charge on any atom is 0.433 e. The van der Waals surface area contributed by atoms with E-state index in [2.05, 4.69) is 5.32 Å². The van der Waals surface area contributed by atoms with Crippen LogP contribution in [0.5, 0.6) is 0 Å². The Hall–Kier alpha value is -4.46. The molecule has 0 radical (unpaired) electrons. The van der Waals surface area contributed by atoms with Crippen molar-refractivity contribution in [3.8, 4) is 11.8 Å². The fourth-order valence-electron chi connectivity index (χ4n) is 2.90. The normalized spacial score (nSPS) is 10.4. The van der Waals surface area contributed by atoms with Crippen LogP contribution >= 0.6 is 0 Å². The highest BCUT2D eigenvalue weighted by Gasteiger charge is 2.23. The van der Waals surface area contributed by atoms with E-state index in [0.29, 0.717) is 16.9 Å². The minimum atomic E-state index is -1.07. The van der Waals surface area contributed by atoms with Gasteiger partial charge in [0.05, 0.1) is 17.3 Å². The average molecular weight is 426 g/mol. The Morgan fingerprint density at radius 3 is 2.68 bits per heavy atom. The SMILES string of the molecule is Cc1c(C#N)c(NC(=O)COC(=O)c2ccc([N+](=O)[O-])o2)n(-c2cccc(F)c2)c1C. The van der Waals surface area contributed by atoms with E-state index in [4.69, 9.17) is 9.15 Å². The van der Waals surface area contributed by atoms with Crippen LogP contribution in [-0.2, 0) is 9.53 Å². The second kappa shape index (κ2) is 8.50. The molecule has 0 aliphatic heterocycles. The molecule has 158 valence electrons. The number of carbonyl (C=O) groups excluding carboxylic acids is 2. The number of furan rings is 1. The molecule has 2 heterocycles.